The number of hydrogen-bond donors (Lipinski definition) is 1. The summed E-state index contributed by atoms with van der Waals surface area (Å²) in [5.74, 6) is -0.992. The van der Waals surface area contributed by atoms with E-state index in [1.165, 1.54) is 12.1 Å². The summed E-state index contributed by atoms with van der Waals surface area (Å²) in [5.41, 5.74) is 0.546. The average Bonchev–Trinajstić information content (AvgIpc) is 2.31. The zero-order chi connectivity index (χ0) is 12.7. The van der Waals surface area contributed by atoms with Crippen LogP contribution in [0.3, 0.4) is 0 Å². The summed E-state index contributed by atoms with van der Waals surface area (Å²) in [5, 5.41) is 3.23. The van der Waals surface area contributed by atoms with Crippen molar-refractivity contribution in [1.29, 1.82) is 0 Å². The van der Waals surface area contributed by atoms with Gasteiger partial charge in [-0.2, -0.15) is 0 Å². The fourth-order valence-electron chi connectivity index (χ4n) is 1.65. The van der Waals surface area contributed by atoms with Crippen LogP contribution in [0.25, 0.3) is 0 Å². The van der Waals surface area contributed by atoms with E-state index < -0.39 is 11.6 Å². The highest BCUT2D eigenvalue weighted by molar-refractivity contribution is 5.18. The molecule has 1 rings (SSSR count). The largest absolute Gasteiger partial charge is 0.316 e. The number of nitrogens with one attached hydrogen (secondary N) is 1. The molecule has 0 radical (unpaired) electrons. The van der Waals surface area contributed by atoms with Gasteiger partial charge in [0.2, 0.25) is 0 Å². The lowest BCUT2D eigenvalue weighted by Crippen LogP contribution is -2.31. The molecule has 0 bridgehead atoms. The smallest absolute Gasteiger partial charge is 0.130 e. The van der Waals surface area contributed by atoms with E-state index in [9.17, 15) is 8.78 Å². The summed E-state index contributed by atoms with van der Waals surface area (Å²) in [6, 6.07) is 3.75. The third-order valence-electron chi connectivity index (χ3n) is 2.71. The maximum Gasteiger partial charge on any atom is 0.130 e. The molecule has 0 unspecified atom stereocenters. The van der Waals surface area contributed by atoms with Crippen molar-refractivity contribution in [2.75, 3.05) is 26.2 Å². The van der Waals surface area contributed by atoms with Crippen molar-refractivity contribution in [3.05, 3.63) is 35.4 Å². The molecule has 0 saturated heterocycles. The van der Waals surface area contributed by atoms with Crippen LogP contribution in [0.2, 0.25) is 0 Å². The summed E-state index contributed by atoms with van der Waals surface area (Å²) in [4.78, 5) is 2.12. The van der Waals surface area contributed by atoms with Crippen LogP contribution in [0, 0.1) is 11.6 Å². The monoisotopic (exact) mass is 242 g/mol. The minimum Gasteiger partial charge on any atom is -0.316 e. The number of nitrogens with zero attached hydrogens (tertiary/aromatic N) is 1. The molecule has 0 aliphatic carbocycles. The first-order valence-electron chi connectivity index (χ1n) is 6.04. The number of benzene rings is 1. The zero-order valence-electron chi connectivity index (χ0n) is 10.5. The van der Waals surface area contributed by atoms with Crippen molar-refractivity contribution in [3.8, 4) is 0 Å². The lowest BCUT2D eigenvalue weighted by atomic mass is 10.2. The zero-order valence-corrected chi connectivity index (χ0v) is 10.5. The highest BCUT2D eigenvalue weighted by atomic mass is 19.1. The van der Waals surface area contributed by atoms with Gasteiger partial charge in [0.05, 0.1) is 0 Å². The van der Waals surface area contributed by atoms with Crippen molar-refractivity contribution >= 4 is 0 Å². The second kappa shape index (κ2) is 7.35. The quantitative estimate of drug-likeness (QED) is 0.739. The Hall–Kier alpha value is -1.00. The average molecular weight is 242 g/mol. The molecule has 0 spiro atoms. The van der Waals surface area contributed by atoms with Gasteiger partial charge in [-0.1, -0.05) is 19.9 Å². The number of rotatable bonds is 7. The van der Waals surface area contributed by atoms with E-state index in [4.69, 9.17) is 0 Å². The Morgan fingerprint density at radius 3 is 2.59 bits per heavy atom. The second-order valence-electron chi connectivity index (χ2n) is 3.96. The molecule has 96 valence electrons. The minimum absolute atomic E-state index is 0.466. The van der Waals surface area contributed by atoms with Gasteiger partial charge in [-0.3, -0.25) is 4.90 Å². The molecule has 0 fully saturated rings. The summed E-state index contributed by atoms with van der Waals surface area (Å²) >= 11 is 0. The first-order valence-corrected chi connectivity index (χ1v) is 6.04. The van der Waals surface area contributed by atoms with Crippen molar-refractivity contribution in [3.63, 3.8) is 0 Å². The first-order chi connectivity index (χ1) is 8.17. The van der Waals surface area contributed by atoms with Crippen molar-refractivity contribution < 1.29 is 8.78 Å². The maximum absolute atomic E-state index is 13.5. The molecule has 2 nitrogen and oxygen atoms in total. The van der Waals surface area contributed by atoms with Crippen LogP contribution in [-0.4, -0.2) is 31.1 Å². The highest BCUT2D eigenvalue weighted by Gasteiger charge is 2.08. The molecule has 0 amide bonds. The van der Waals surface area contributed by atoms with Crippen LogP contribution in [0.4, 0.5) is 8.78 Å². The lowest BCUT2D eigenvalue weighted by molar-refractivity contribution is 0.276. The van der Waals surface area contributed by atoms with E-state index in [1.807, 2.05) is 6.92 Å². The van der Waals surface area contributed by atoms with Crippen molar-refractivity contribution in [2.24, 2.45) is 0 Å². The van der Waals surface area contributed by atoms with E-state index >= 15 is 0 Å². The molecule has 0 heterocycles. The Balaban J connectivity index is 2.54. The summed E-state index contributed by atoms with van der Waals surface area (Å²) in [7, 11) is 0. The van der Waals surface area contributed by atoms with E-state index in [0.717, 1.165) is 32.2 Å². The fourth-order valence-corrected chi connectivity index (χ4v) is 1.65. The Kier molecular flexibility index (Phi) is 6.08. The van der Waals surface area contributed by atoms with Gasteiger partial charge in [-0.25, -0.2) is 8.78 Å². The Bertz CT molecular complexity index is 342. The molecule has 0 atom stereocenters. The van der Waals surface area contributed by atoms with Crippen LogP contribution in [0.1, 0.15) is 19.4 Å². The molecule has 4 heteroatoms. The number of halogens is 2. The highest BCUT2D eigenvalue weighted by Crippen LogP contribution is 2.11. The number of hydrogen-bond acceptors (Lipinski definition) is 2. The molecule has 0 saturated carbocycles. The third kappa shape index (κ3) is 4.79. The van der Waals surface area contributed by atoms with E-state index in [0.29, 0.717) is 12.1 Å². The molecule has 0 aliphatic heterocycles. The fraction of sp³-hybridized carbons (Fsp3) is 0.538. The predicted molar refractivity (Wildman–Crippen MR) is 65.9 cm³/mol. The Labute approximate surface area is 102 Å². The van der Waals surface area contributed by atoms with Gasteiger partial charge in [-0.15, -0.1) is 0 Å². The SMILES string of the molecule is CCNCCN(CC)Cc1ccc(F)cc1F. The van der Waals surface area contributed by atoms with Crippen LogP contribution in [0.15, 0.2) is 18.2 Å². The van der Waals surface area contributed by atoms with Crippen LogP contribution in [-0.2, 0) is 6.54 Å². The van der Waals surface area contributed by atoms with Gasteiger partial charge in [0.15, 0.2) is 0 Å². The molecule has 0 aliphatic rings. The standard InChI is InChI=1S/C13H20F2N2/c1-3-16-7-8-17(4-2)10-11-5-6-12(14)9-13(11)15/h5-6,9,16H,3-4,7-8,10H2,1-2H3. The molecule has 0 aromatic heterocycles. The molecule has 1 aromatic carbocycles. The van der Waals surface area contributed by atoms with Crippen LogP contribution < -0.4 is 5.32 Å². The molecular weight excluding hydrogens is 222 g/mol. The number of likely N-dealkylation sites (N-methyl/N-ethyl adjacent to an activating group) is 2. The molecule has 1 N–H and O–H groups in total. The van der Waals surface area contributed by atoms with Crippen molar-refractivity contribution in [2.45, 2.75) is 20.4 Å². The summed E-state index contributed by atoms with van der Waals surface area (Å²) in [6.07, 6.45) is 0. The lowest BCUT2D eigenvalue weighted by Gasteiger charge is -2.20. The summed E-state index contributed by atoms with van der Waals surface area (Å²) < 4.78 is 26.2. The first kappa shape index (κ1) is 14.1. The van der Waals surface area contributed by atoms with Gasteiger partial charge < -0.3 is 5.32 Å². The normalized spacial score (nSPS) is 11.1. The second-order valence-corrected chi connectivity index (χ2v) is 3.96. The predicted octanol–water partition coefficient (Wildman–Crippen LogP) is 2.40. The molecule has 17 heavy (non-hydrogen) atoms. The van der Waals surface area contributed by atoms with Crippen LogP contribution in [0.5, 0.6) is 0 Å². The van der Waals surface area contributed by atoms with Gasteiger partial charge in [0.25, 0.3) is 0 Å². The molecule has 1 aromatic rings. The minimum atomic E-state index is -0.526. The van der Waals surface area contributed by atoms with Gasteiger partial charge in [0, 0.05) is 31.3 Å². The Morgan fingerprint density at radius 1 is 1.24 bits per heavy atom. The van der Waals surface area contributed by atoms with E-state index in [-0.39, 0.29) is 0 Å². The topological polar surface area (TPSA) is 15.3 Å². The van der Waals surface area contributed by atoms with E-state index in [1.54, 1.807) is 0 Å². The van der Waals surface area contributed by atoms with Crippen LogP contribution >= 0.6 is 0 Å². The third-order valence-corrected chi connectivity index (χ3v) is 2.71. The van der Waals surface area contributed by atoms with Gasteiger partial charge in [-0.05, 0) is 19.2 Å². The van der Waals surface area contributed by atoms with Gasteiger partial charge in [0.1, 0.15) is 11.6 Å². The maximum atomic E-state index is 13.5. The Morgan fingerprint density at radius 2 is 2.00 bits per heavy atom. The van der Waals surface area contributed by atoms with E-state index in [2.05, 4.69) is 17.1 Å². The molecular formula is C13H20F2N2. The summed E-state index contributed by atoms with van der Waals surface area (Å²) in [6.45, 7) is 8.14. The van der Waals surface area contributed by atoms with Crippen molar-refractivity contribution in [1.82, 2.24) is 10.2 Å². The van der Waals surface area contributed by atoms with Gasteiger partial charge >= 0.3 is 0 Å².